The van der Waals surface area contributed by atoms with Gasteiger partial charge in [-0.15, -0.1) is 0 Å². The van der Waals surface area contributed by atoms with E-state index in [2.05, 4.69) is 17.3 Å². The fraction of sp³-hybridized carbons (Fsp3) is 0.467. The predicted molar refractivity (Wildman–Crippen MR) is 155 cm³/mol. The molecular weight excluding hydrogens is 514 g/mol. The minimum absolute atomic E-state index is 0.0297. The Morgan fingerprint density at radius 2 is 1.51 bits per heavy atom. The number of phenolic OH excluding ortho intramolecular Hbond substituents is 1. The van der Waals surface area contributed by atoms with Crippen molar-refractivity contribution in [3.8, 4) is 11.8 Å². The number of benzene rings is 2. The number of hydrogen-bond acceptors (Lipinski definition) is 7. The van der Waals surface area contributed by atoms with E-state index in [0.29, 0.717) is 16.7 Å². The Balaban J connectivity index is 0.000000658. The van der Waals surface area contributed by atoms with Crippen LogP contribution in [0.2, 0.25) is 0 Å². The molecule has 0 bridgehead atoms. The molecule has 8 nitrogen and oxygen atoms in total. The molecule has 0 amide bonds. The minimum atomic E-state index is -4.03. The number of sulfone groups is 1. The first-order valence-electron chi connectivity index (χ1n) is 12.9. The van der Waals surface area contributed by atoms with Crippen molar-refractivity contribution < 1.29 is 23.4 Å². The summed E-state index contributed by atoms with van der Waals surface area (Å²) in [6, 6.07) is 10.3. The van der Waals surface area contributed by atoms with Crippen molar-refractivity contribution in [3.05, 3.63) is 63.6 Å². The average molecular weight is 556 g/mol. The number of likely N-dealkylation sites (N-methyl/N-ethyl adjacent to an activating group) is 1. The molecule has 3 rings (SSSR count). The number of allylic oxidation sites excluding steroid dienone is 1. The lowest BCUT2D eigenvalue weighted by atomic mass is 9.78. The second kappa shape index (κ2) is 12.8. The predicted octanol–water partition coefficient (Wildman–Crippen LogP) is 4.94. The number of nitriles is 1. The van der Waals surface area contributed by atoms with Crippen LogP contribution in [0.15, 0.2) is 46.2 Å². The number of aromatic carboxylic acids is 1. The Morgan fingerprint density at radius 1 is 1.03 bits per heavy atom. The van der Waals surface area contributed by atoms with Crippen LogP contribution < -0.4 is 5.32 Å². The van der Waals surface area contributed by atoms with Crippen molar-refractivity contribution in [3.63, 3.8) is 0 Å². The number of aromatic hydroxyl groups is 1. The Hall–Kier alpha value is -3.19. The van der Waals surface area contributed by atoms with Crippen molar-refractivity contribution in [1.82, 2.24) is 10.2 Å². The van der Waals surface area contributed by atoms with E-state index in [1.807, 2.05) is 47.6 Å². The first-order valence-corrected chi connectivity index (χ1v) is 14.4. The van der Waals surface area contributed by atoms with Crippen LogP contribution in [0, 0.1) is 11.3 Å². The molecule has 1 heterocycles. The van der Waals surface area contributed by atoms with E-state index in [0.717, 1.165) is 13.1 Å². The quantitative estimate of drug-likeness (QED) is 0.473. The highest BCUT2D eigenvalue weighted by Crippen LogP contribution is 2.40. The molecule has 1 fully saturated rings. The van der Waals surface area contributed by atoms with Crippen molar-refractivity contribution in [1.29, 1.82) is 5.26 Å². The molecule has 39 heavy (non-hydrogen) atoms. The van der Waals surface area contributed by atoms with Crippen molar-refractivity contribution in [2.24, 2.45) is 0 Å². The zero-order valence-electron chi connectivity index (χ0n) is 24.0. The summed E-state index contributed by atoms with van der Waals surface area (Å²) in [5.41, 5.74) is 1.10. The summed E-state index contributed by atoms with van der Waals surface area (Å²) in [4.78, 5) is 13.2. The van der Waals surface area contributed by atoms with Crippen LogP contribution in [-0.4, -0.2) is 62.7 Å². The zero-order valence-corrected chi connectivity index (χ0v) is 24.8. The molecule has 9 heteroatoms. The van der Waals surface area contributed by atoms with Gasteiger partial charge in [-0.25, -0.2) is 13.2 Å². The molecule has 1 aliphatic rings. The van der Waals surface area contributed by atoms with Gasteiger partial charge in [0, 0.05) is 37.3 Å². The van der Waals surface area contributed by atoms with E-state index in [9.17, 15) is 23.6 Å². The average Bonchev–Trinajstić information content (AvgIpc) is 2.84. The van der Waals surface area contributed by atoms with E-state index in [1.54, 1.807) is 12.1 Å². The number of rotatable bonds is 5. The third-order valence-electron chi connectivity index (χ3n) is 6.43. The number of piperazine rings is 1. The van der Waals surface area contributed by atoms with Crippen LogP contribution in [0.5, 0.6) is 5.75 Å². The smallest absolute Gasteiger partial charge is 0.335 e. The van der Waals surface area contributed by atoms with Gasteiger partial charge in [-0.3, -0.25) is 0 Å². The molecule has 2 aromatic carbocycles. The Labute approximate surface area is 232 Å². The number of nitrogens with zero attached hydrogens (tertiary/aromatic N) is 2. The van der Waals surface area contributed by atoms with Gasteiger partial charge in [0.15, 0.2) is 0 Å². The molecule has 0 radical (unpaired) electrons. The second-order valence-electron chi connectivity index (χ2n) is 11.8. The normalized spacial score (nSPS) is 15.2. The number of nitrogens with one attached hydrogen (secondary N) is 1. The number of carbonyl (C=O) groups is 1. The Kier molecular flexibility index (Phi) is 10.5. The SMILES string of the molecule is CC(C)(C)c1cc(C=C(CC#N)S(=O)(=O)c2ccc(C(=O)O)cc2)cc(C(C)(C)C)c1O.CN1CCNCC1. The monoisotopic (exact) mass is 555 g/mol. The molecular formula is C30H41N3O5S. The van der Waals surface area contributed by atoms with Gasteiger partial charge >= 0.3 is 5.97 Å². The maximum atomic E-state index is 13.2. The van der Waals surface area contributed by atoms with Gasteiger partial charge < -0.3 is 20.4 Å². The first-order chi connectivity index (χ1) is 18.0. The van der Waals surface area contributed by atoms with Gasteiger partial charge in [0.2, 0.25) is 9.84 Å². The number of carboxylic acids is 1. The molecule has 0 aliphatic carbocycles. The fourth-order valence-corrected chi connectivity index (χ4v) is 5.42. The highest BCUT2D eigenvalue weighted by Gasteiger charge is 2.27. The lowest BCUT2D eigenvalue weighted by Gasteiger charge is -2.28. The molecule has 0 spiro atoms. The molecule has 1 aliphatic heterocycles. The summed E-state index contributed by atoms with van der Waals surface area (Å²) < 4.78 is 26.4. The summed E-state index contributed by atoms with van der Waals surface area (Å²) in [6.07, 6.45) is 1.10. The fourth-order valence-electron chi connectivity index (χ4n) is 4.08. The Morgan fingerprint density at radius 3 is 1.87 bits per heavy atom. The maximum Gasteiger partial charge on any atom is 0.335 e. The molecule has 212 valence electrons. The number of hydrogen-bond donors (Lipinski definition) is 3. The van der Waals surface area contributed by atoms with Gasteiger partial charge in [-0.05, 0) is 65.9 Å². The van der Waals surface area contributed by atoms with E-state index in [4.69, 9.17) is 5.11 Å². The molecule has 0 saturated carbocycles. The molecule has 0 atom stereocenters. The van der Waals surface area contributed by atoms with Crippen LogP contribution in [0.1, 0.15) is 75.0 Å². The third-order valence-corrected chi connectivity index (χ3v) is 8.27. The highest BCUT2D eigenvalue weighted by atomic mass is 32.2. The van der Waals surface area contributed by atoms with Gasteiger partial charge in [0.25, 0.3) is 0 Å². The van der Waals surface area contributed by atoms with Crippen molar-refractivity contribution in [2.45, 2.75) is 63.7 Å². The largest absolute Gasteiger partial charge is 0.507 e. The topological polar surface area (TPSA) is 131 Å². The highest BCUT2D eigenvalue weighted by molar-refractivity contribution is 7.95. The summed E-state index contributed by atoms with van der Waals surface area (Å²) in [5, 5.41) is 32.5. The first kappa shape index (κ1) is 32.0. The van der Waals surface area contributed by atoms with Crippen LogP contribution in [0.25, 0.3) is 6.08 Å². The van der Waals surface area contributed by atoms with E-state index >= 15 is 0 Å². The molecule has 1 saturated heterocycles. The maximum absolute atomic E-state index is 13.2. The van der Waals surface area contributed by atoms with Crippen molar-refractivity contribution >= 4 is 21.9 Å². The van der Waals surface area contributed by atoms with Crippen molar-refractivity contribution in [2.75, 3.05) is 33.2 Å². The Bertz CT molecular complexity index is 1300. The van der Waals surface area contributed by atoms with E-state index in [1.165, 1.54) is 43.4 Å². The second-order valence-corrected chi connectivity index (χ2v) is 13.8. The van der Waals surface area contributed by atoms with Gasteiger partial charge in [-0.1, -0.05) is 41.5 Å². The summed E-state index contributed by atoms with van der Waals surface area (Å²) in [5.74, 6) is -0.980. The summed E-state index contributed by atoms with van der Waals surface area (Å²) in [7, 11) is -1.87. The summed E-state index contributed by atoms with van der Waals surface area (Å²) >= 11 is 0. The minimum Gasteiger partial charge on any atom is -0.507 e. The number of phenols is 1. The van der Waals surface area contributed by atoms with Gasteiger partial charge in [-0.2, -0.15) is 5.26 Å². The molecule has 0 unspecified atom stereocenters. The van der Waals surface area contributed by atoms with Gasteiger partial charge in [0.05, 0.1) is 27.9 Å². The van der Waals surface area contributed by atoms with Gasteiger partial charge in [0.1, 0.15) is 5.75 Å². The number of carboxylic acid groups (broad SMARTS) is 1. The standard InChI is InChI=1S/C25H29NO5S.C5H12N2/c1-24(2,3)20-14-16(15-21(22(20)27)25(4,5)6)13-19(11-12-26)32(30,31)18-9-7-17(8-10-18)23(28)29;1-7-4-2-6-3-5-7/h7-10,13-15,27H,11H2,1-6H3,(H,28,29);6H,2-5H2,1H3. The van der Waals surface area contributed by atoms with Crippen LogP contribution >= 0.6 is 0 Å². The molecule has 0 aromatic heterocycles. The van der Waals surface area contributed by atoms with Crippen LogP contribution in [-0.2, 0) is 20.7 Å². The lowest BCUT2D eigenvalue weighted by Crippen LogP contribution is -2.40. The van der Waals surface area contributed by atoms with Crippen LogP contribution in [0.3, 0.4) is 0 Å². The third kappa shape index (κ3) is 8.65. The zero-order chi connectivity index (χ0) is 29.6. The molecule has 2 aromatic rings. The molecule has 3 N–H and O–H groups in total. The van der Waals surface area contributed by atoms with E-state index < -0.39 is 26.6 Å². The lowest BCUT2D eigenvalue weighted by molar-refractivity contribution is 0.0696. The summed E-state index contributed by atoms with van der Waals surface area (Å²) in [6.45, 7) is 16.5. The van der Waals surface area contributed by atoms with E-state index in [-0.39, 0.29) is 27.5 Å². The van der Waals surface area contributed by atoms with Crippen LogP contribution in [0.4, 0.5) is 0 Å².